The molecule has 3 amide bonds. The van der Waals surface area contributed by atoms with Crippen molar-refractivity contribution in [3.05, 3.63) is 90.0 Å². The van der Waals surface area contributed by atoms with E-state index in [1.54, 1.807) is 13.2 Å². The normalized spacial score (nSPS) is 11.1. The fraction of sp³-hybridized carbons (Fsp3) is 0.270. The average Bonchev–Trinajstić information content (AvgIpc) is 3.07. The molecule has 5 rings (SSSR count). The number of rotatable bonds is 14. The molecule has 0 fully saturated rings. The van der Waals surface area contributed by atoms with Gasteiger partial charge in [-0.1, -0.05) is 24.3 Å². The van der Waals surface area contributed by atoms with E-state index in [9.17, 15) is 9.59 Å². The van der Waals surface area contributed by atoms with Gasteiger partial charge < -0.3 is 35.8 Å². The number of hydrogen-bond acceptors (Lipinski definition) is 7. The fourth-order valence-electron chi connectivity index (χ4n) is 5.63. The first-order valence-electron chi connectivity index (χ1n) is 16.0. The molecule has 0 aliphatic carbocycles. The van der Waals surface area contributed by atoms with Gasteiger partial charge in [0.25, 0.3) is 5.91 Å². The van der Waals surface area contributed by atoms with Crippen LogP contribution in [0.5, 0.6) is 5.75 Å². The van der Waals surface area contributed by atoms with Crippen molar-refractivity contribution in [2.75, 3.05) is 80.0 Å². The van der Waals surface area contributed by atoms with Crippen molar-refractivity contribution in [2.45, 2.75) is 6.92 Å². The Bertz CT molecular complexity index is 1930. The first-order chi connectivity index (χ1) is 23.7. The predicted molar refractivity (Wildman–Crippen MR) is 204 cm³/mol. The van der Waals surface area contributed by atoms with Crippen molar-refractivity contribution in [1.82, 2.24) is 15.2 Å². The third kappa shape index (κ3) is 8.83. The molecule has 256 valence electrons. The zero-order valence-corrected chi connectivity index (χ0v) is 29.6. The minimum absolute atomic E-state index is 0.203. The lowest BCUT2D eigenvalue weighted by Gasteiger charge is -2.23. The number of anilines is 5. The van der Waals surface area contributed by atoms with Gasteiger partial charge in [0.1, 0.15) is 11.3 Å². The number of amides is 3. The summed E-state index contributed by atoms with van der Waals surface area (Å²) < 4.78 is 5.68. The van der Waals surface area contributed by atoms with Crippen molar-refractivity contribution in [3.63, 3.8) is 0 Å². The van der Waals surface area contributed by atoms with Gasteiger partial charge in [0, 0.05) is 71.5 Å². The number of nitrogens with one attached hydrogen (secondary N) is 4. The van der Waals surface area contributed by atoms with Crippen molar-refractivity contribution in [2.24, 2.45) is 0 Å². The molecule has 0 aliphatic heterocycles. The Balaban J connectivity index is 1.43. The smallest absolute Gasteiger partial charge is 0.323 e. The second-order valence-electron chi connectivity index (χ2n) is 11.8. The summed E-state index contributed by atoms with van der Waals surface area (Å²) in [6.45, 7) is 4.53. The molecule has 1 aromatic heterocycles. The highest BCUT2D eigenvalue weighted by molar-refractivity contribution is 6.19. The Labute approximate surface area is 296 Å². The molecule has 0 unspecified atom stereocenters. The van der Waals surface area contributed by atoms with Gasteiger partial charge in [0.15, 0.2) is 0 Å². The van der Waals surface area contributed by atoms with Crippen LogP contribution in [0.3, 0.4) is 0 Å². The minimum Gasteiger partial charge on any atom is -0.494 e. The zero-order chi connectivity index (χ0) is 34.9. The number of para-hydroxylation sites is 2. The van der Waals surface area contributed by atoms with Crippen LogP contribution in [-0.2, 0) is 0 Å². The molecule has 4 N–H and O–H groups in total. The number of fused-ring (bicyclic) bond motifs is 2. The maximum atomic E-state index is 13.3. The molecular formula is C37H41Cl2N7O3. The lowest BCUT2D eigenvalue weighted by atomic mass is 10.0. The van der Waals surface area contributed by atoms with Crippen molar-refractivity contribution in [1.29, 1.82) is 0 Å². The van der Waals surface area contributed by atoms with E-state index < -0.39 is 0 Å². The average molecular weight is 703 g/mol. The molecule has 49 heavy (non-hydrogen) atoms. The number of hydrogen-bond donors (Lipinski definition) is 4. The fourth-order valence-corrected chi connectivity index (χ4v) is 6.04. The molecule has 0 bridgehead atoms. The maximum Gasteiger partial charge on any atom is 0.323 e. The summed E-state index contributed by atoms with van der Waals surface area (Å²) in [6.07, 6.45) is 0. The number of alkyl halides is 2. The Hall–Kier alpha value is -4.77. The summed E-state index contributed by atoms with van der Waals surface area (Å²) >= 11 is 11.9. The van der Waals surface area contributed by atoms with E-state index in [-0.39, 0.29) is 11.9 Å². The standard InChI is InChI=1S/C37H41Cl2N7O3/c1-24-21-26(23-27(22-24)43-37(48)42-25-11-13-28(14-12-25)46(18-15-38)19-16-39)41-33-29-7-5-9-31(36(47)40-17-20-45(2)3)34(29)44-35-30(33)8-6-10-32(35)49-4/h5-14,21-23H,15-20H2,1-4H3,(H,40,47)(H,41,44)(H2,42,43,48). The summed E-state index contributed by atoms with van der Waals surface area (Å²) in [5.74, 6) is 1.37. The molecule has 1 heterocycles. The first-order valence-corrected chi connectivity index (χ1v) is 17.0. The topological polar surface area (TPSA) is 111 Å². The highest BCUT2D eigenvalue weighted by Crippen LogP contribution is 2.38. The number of nitrogens with zero attached hydrogens (tertiary/aromatic N) is 3. The van der Waals surface area contributed by atoms with E-state index in [1.165, 1.54) is 0 Å². The SMILES string of the molecule is COc1cccc2c(Nc3cc(C)cc(NC(=O)Nc4ccc(N(CCCl)CCCl)cc4)c3)c3cccc(C(=O)NCCN(C)C)c3nc12. The molecule has 10 nitrogen and oxygen atoms in total. The van der Waals surface area contributed by atoms with Crippen molar-refractivity contribution < 1.29 is 14.3 Å². The van der Waals surface area contributed by atoms with Gasteiger partial charge in [-0.05, 0) is 81.2 Å². The molecule has 12 heteroatoms. The monoisotopic (exact) mass is 701 g/mol. The number of carbonyl (C=O) groups is 2. The molecule has 0 radical (unpaired) electrons. The van der Waals surface area contributed by atoms with Gasteiger partial charge in [0.05, 0.1) is 23.9 Å². The maximum absolute atomic E-state index is 13.3. The van der Waals surface area contributed by atoms with Gasteiger partial charge in [-0.2, -0.15) is 0 Å². The van der Waals surface area contributed by atoms with Crippen LogP contribution in [0.25, 0.3) is 21.8 Å². The first kappa shape index (κ1) is 35.5. The summed E-state index contributed by atoms with van der Waals surface area (Å²) in [6, 6.07) is 24.2. The summed E-state index contributed by atoms with van der Waals surface area (Å²) in [7, 11) is 5.52. The Morgan fingerprint density at radius 2 is 1.45 bits per heavy atom. The molecular weight excluding hydrogens is 661 g/mol. The lowest BCUT2D eigenvalue weighted by molar-refractivity contribution is 0.0952. The third-order valence-corrected chi connectivity index (χ3v) is 8.25. The molecule has 5 aromatic rings. The van der Waals surface area contributed by atoms with Crippen LogP contribution in [0.15, 0.2) is 78.9 Å². The summed E-state index contributed by atoms with van der Waals surface area (Å²) in [5, 5.41) is 14.0. The van der Waals surface area contributed by atoms with E-state index in [0.29, 0.717) is 71.7 Å². The molecule has 0 saturated carbocycles. The number of aromatic nitrogens is 1. The highest BCUT2D eigenvalue weighted by Gasteiger charge is 2.18. The highest BCUT2D eigenvalue weighted by atomic mass is 35.5. The Morgan fingerprint density at radius 1 is 0.796 bits per heavy atom. The molecule has 0 aliphatic rings. The largest absolute Gasteiger partial charge is 0.494 e. The molecule has 0 atom stereocenters. The Morgan fingerprint density at radius 3 is 2.12 bits per heavy atom. The summed E-state index contributed by atoms with van der Waals surface area (Å²) in [5.41, 5.74) is 6.32. The quantitative estimate of drug-likeness (QED) is 0.0695. The molecule has 4 aromatic carbocycles. The van der Waals surface area contributed by atoms with E-state index in [2.05, 4.69) is 26.2 Å². The van der Waals surface area contributed by atoms with Crippen LogP contribution in [-0.4, -0.2) is 81.0 Å². The number of benzene rings is 4. The summed E-state index contributed by atoms with van der Waals surface area (Å²) in [4.78, 5) is 35.5. The van der Waals surface area contributed by atoms with Gasteiger partial charge in [-0.15, -0.1) is 23.2 Å². The van der Waals surface area contributed by atoms with E-state index >= 15 is 0 Å². The second kappa shape index (κ2) is 16.6. The number of methoxy groups -OCH3 is 1. The Kier molecular flexibility index (Phi) is 12.0. The van der Waals surface area contributed by atoms with E-state index in [1.807, 2.05) is 98.7 Å². The number of ether oxygens (including phenoxy) is 1. The predicted octanol–water partition coefficient (Wildman–Crippen LogP) is 7.67. The van der Waals surface area contributed by atoms with Crippen LogP contribution >= 0.6 is 23.2 Å². The number of urea groups is 1. The number of aryl methyl sites for hydroxylation is 1. The van der Waals surface area contributed by atoms with Gasteiger partial charge in [0.2, 0.25) is 0 Å². The van der Waals surface area contributed by atoms with Crippen LogP contribution in [0, 0.1) is 6.92 Å². The molecule has 0 spiro atoms. The lowest BCUT2D eigenvalue weighted by Crippen LogP contribution is -2.31. The number of likely N-dealkylation sites (N-methyl/N-ethyl adjacent to an activating group) is 1. The minimum atomic E-state index is -0.378. The van der Waals surface area contributed by atoms with Gasteiger partial charge >= 0.3 is 6.03 Å². The van der Waals surface area contributed by atoms with Crippen LogP contribution in [0.1, 0.15) is 15.9 Å². The molecule has 0 saturated heterocycles. The van der Waals surface area contributed by atoms with Crippen LogP contribution in [0.4, 0.5) is 33.2 Å². The van der Waals surface area contributed by atoms with Gasteiger partial charge in [-0.3, -0.25) is 4.79 Å². The second-order valence-corrected chi connectivity index (χ2v) is 12.6. The zero-order valence-electron chi connectivity index (χ0n) is 28.1. The van der Waals surface area contributed by atoms with Crippen molar-refractivity contribution in [3.8, 4) is 5.75 Å². The number of pyridine rings is 1. The van der Waals surface area contributed by atoms with Crippen molar-refractivity contribution >= 4 is 85.4 Å². The van der Waals surface area contributed by atoms with Gasteiger partial charge in [-0.25, -0.2) is 9.78 Å². The third-order valence-electron chi connectivity index (χ3n) is 7.91. The van der Waals surface area contributed by atoms with E-state index in [4.69, 9.17) is 32.9 Å². The van der Waals surface area contributed by atoms with Crippen LogP contribution < -0.4 is 30.9 Å². The van der Waals surface area contributed by atoms with E-state index in [0.717, 1.165) is 33.4 Å². The van der Waals surface area contributed by atoms with Crippen LogP contribution in [0.2, 0.25) is 0 Å². The number of halogens is 2. The number of carbonyl (C=O) groups excluding carboxylic acids is 2.